The molecule has 15 heavy (non-hydrogen) atoms. The summed E-state index contributed by atoms with van der Waals surface area (Å²) < 4.78 is 9.17. The lowest BCUT2D eigenvalue weighted by molar-refractivity contribution is 0.567. The third kappa shape index (κ3) is 6.95. The first-order chi connectivity index (χ1) is 7.50. The SMILES string of the molecule is c1cc[nH]c1.c1ccoc1.c1ccoc1. The van der Waals surface area contributed by atoms with Crippen LogP contribution in [0.5, 0.6) is 0 Å². The Bertz CT molecular complexity index is 246. The van der Waals surface area contributed by atoms with Crippen molar-refractivity contribution in [3.05, 3.63) is 73.8 Å². The third-order valence-electron chi connectivity index (χ3n) is 1.35. The zero-order valence-corrected chi connectivity index (χ0v) is 8.24. The average molecular weight is 203 g/mol. The van der Waals surface area contributed by atoms with E-state index in [0.29, 0.717) is 0 Å². The van der Waals surface area contributed by atoms with Gasteiger partial charge in [0.05, 0.1) is 25.1 Å². The minimum atomic E-state index is 1.62. The molecule has 0 aromatic carbocycles. The average Bonchev–Trinajstić information content (AvgIpc) is 3.09. The van der Waals surface area contributed by atoms with Crippen molar-refractivity contribution in [2.24, 2.45) is 0 Å². The van der Waals surface area contributed by atoms with Crippen molar-refractivity contribution in [3.8, 4) is 0 Å². The molecule has 0 aliphatic rings. The van der Waals surface area contributed by atoms with Gasteiger partial charge < -0.3 is 13.8 Å². The van der Waals surface area contributed by atoms with Crippen LogP contribution in [0.25, 0.3) is 0 Å². The predicted octanol–water partition coefficient (Wildman–Crippen LogP) is 3.57. The fourth-order valence-electron chi connectivity index (χ4n) is 0.731. The molecule has 0 saturated heterocycles. The molecule has 0 radical (unpaired) electrons. The molecule has 0 atom stereocenters. The van der Waals surface area contributed by atoms with E-state index >= 15 is 0 Å². The maximum atomic E-state index is 4.58. The molecule has 0 aliphatic heterocycles. The first-order valence-corrected chi connectivity index (χ1v) is 4.52. The van der Waals surface area contributed by atoms with Crippen LogP contribution in [0.4, 0.5) is 0 Å². The van der Waals surface area contributed by atoms with E-state index < -0.39 is 0 Å². The van der Waals surface area contributed by atoms with E-state index in [1.807, 2.05) is 48.8 Å². The zero-order chi connectivity index (χ0) is 10.6. The van der Waals surface area contributed by atoms with E-state index in [9.17, 15) is 0 Å². The normalized spacial score (nSPS) is 8.00. The summed E-state index contributed by atoms with van der Waals surface area (Å²) in [6, 6.07) is 11.2. The second-order valence-electron chi connectivity index (χ2n) is 2.47. The molecule has 3 aromatic rings. The van der Waals surface area contributed by atoms with Gasteiger partial charge in [-0.1, -0.05) is 0 Å². The van der Waals surface area contributed by atoms with E-state index in [1.54, 1.807) is 25.1 Å². The van der Waals surface area contributed by atoms with Crippen molar-refractivity contribution in [1.82, 2.24) is 4.98 Å². The Balaban J connectivity index is 0.000000112. The van der Waals surface area contributed by atoms with Crippen molar-refractivity contribution < 1.29 is 8.83 Å². The van der Waals surface area contributed by atoms with E-state index in [-0.39, 0.29) is 0 Å². The highest BCUT2D eigenvalue weighted by atomic mass is 16.3. The Morgan fingerprint density at radius 1 is 0.533 bits per heavy atom. The van der Waals surface area contributed by atoms with Crippen LogP contribution in [0.15, 0.2) is 82.7 Å². The summed E-state index contributed by atoms with van der Waals surface area (Å²) in [4.78, 5) is 2.86. The first kappa shape index (κ1) is 10.9. The van der Waals surface area contributed by atoms with Gasteiger partial charge in [-0.2, -0.15) is 0 Å². The molecular formula is C12H13NO2. The number of H-pyrrole nitrogens is 1. The number of rotatable bonds is 0. The summed E-state index contributed by atoms with van der Waals surface area (Å²) in [6.07, 6.45) is 10.2. The summed E-state index contributed by atoms with van der Waals surface area (Å²) in [7, 11) is 0. The monoisotopic (exact) mass is 203 g/mol. The molecule has 3 rings (SSSR count). The fourth-order valence-corrected chi connectivity index (χ4v) is 0.731. The fraction of sp³-hybridized carbons (Fsp3) is 0. The molecule has 0 bridgehead atoms. The highest BCUT2D eigenvalue weighted by Crippen LogP contribution is 1.80. The number of aromatic nitrogens is 1. The third-order valence-corrected chi connectivity index (χ3v) is 1.35. The maximum Gasteiger partial charge on any atom is 0.0902 e. The van der Waals surface area contributed by atoms with Crippen LogP contribution in [0.2, 0.25) is 0 Å². The van der Waals surface area contributed by atoms with Crippen LogP contribution in [-0.2, 0) is 0 Å². The molecule has 3 aromatic heterocycles. The van der Waals surface area contributed by atoms with E-state index in [2.05, 4.69) is 13.8 Å². The Morgan fingerprint density at radius 2 is 0.933 bits per heavy atom. The van der Waals surface area contributed by atoms with Crippen molar-refractivity contribution in [2.45, 2.75) is 0 Å². The summed E-state index contributed by atoms with van der Waals surface area (Å²) in [5.74, 6) is 0. The minimum Gasteiger partial charge on any atom is -0.473 e. The second-order valence-corrected chi connectivity index (χ2v) is 2.47. The molecule has 78 valence electrons. The molecule has 0 amide bonds. The van der Waals surface area contributed by atoms with Crippen LogP contribution in [0, 0.1) is 0 Å². The molecule has 1 N–H and O–H groups in total. The Kier molecular flexibility index (Phi) is 6.14. The van der Waals surface area contributed by atoms with Crippen molar-refractivity contribution in [2.75, 3.05) is 0 Å². The van der Waals surface area contributed by atoms with E-state index in [1.165, 1.54) is 0 Å². The number of hydrogen-bond donors (Lipinski definition) is 1. The van der Waals surface area contributed by atoms with Crippen molar-refractivity contribution in [3.63, 3.8) is 0 Å². The Morgan fingerprint density at radius 3 is 1.07 bits per heavy atom. The van der Waals surface area contributed by atoms with Gasteiger partial charge in [0.25, 0.3) is 0 Å². The molecular weight excluding hydrogens is 190 g/mol. The van der Waals surface area contributed by atoms with Gasteiger partial charge >= 0.3 is 0 Å². The van der Waals surface area contributed by atoms with Gasteiger partial charge in [0, 0.05) is 12.4 Å². The number of aromatic amines is 1. The van der Waals surface area contributed by atoms with Gasteiger partial charge in [0.2, 0.25) is 0 Å². The molecule has 3 heterocycles. The van der Waals surface area contributed by atoms with Gasteiger partial charge in [-0.3, -0.25) is 0 Å². The number of nitrogens with one attached hydrogen (secondary N) is 1. The number of hydrogen-bond acceptors (Lipinski definition) is 2. The predicted molar refractivity (Wildman–Crippen MR) is 58.2 cm³/mol. The lowest BCUT2D eigenvalue weighted by Crippen LogP contribution is -1.38. The van der Waals surface area contributed by atoms with Crippen molar-refractivity contribution >= 4 is 0 Å². The van der Waals surface area contributed by atoms with Crippen molar-refractivity contribution in [1.29, 1.82) is 0 Å². The lowest BCUT2D eigenvalue weighted by Gasteiger charge is -1.50. The molecule has 0 saturated carbocycles. The largest absolute Gasteiger partial charge is 0.473 e. The quantitative estimate of drug-likeness (QED) is 0.606. The van der Waals surface area contributed by atoms with E-state index in [0.717, 1.165) is 0 Å². The van der Waals surface area contributed by atoms with Crippen LogP contribution >= 0.6 is 0 Å². The van der Waals surface area contributed by atoms with Gasteiger partial charge in [-0.15, -0.1) is 0 Å². The summed E-state index contributed by atoms with van der Waals surface area (Å²) in [6.45, 7) is 0. The van der Waals surface area contributed by atoms with Crippen LogP contribution in [0.3, 0.4) is 0 Å². The first-order valence-electron chi connectivity index (χ1n) is 4.52. The van der Waals surface area contributed by atoms with Gasteiger partial charge in [-0.05, 0) is 36.4 Å². The minimum absolute atomic E-state index is 1.62. The summed E-state index contributed by atoms with van der Waals surface area (Å²) >= 11 is 0. The van der Waals surface area contributed by atoms with Crippen LogP contribution in [0.1, 0.15) is 0 Å². The number of furan rings is 2. The van der Waals surface area contributed by atoms with Gasteiger partial charge in [0.15, 0.2) is 0 Å². The molecule has 3 nitrogen and oxygen atoms in total. The van der Waals surface area contributed by atoms with Gasteiger partial charge in [-0.25, -0.2) is 0 Å². The Labute approximate surface area is 88.4 Å². The molecule has 3 heteroatoms. The lowest BCUT2D eigenvalue weighted by atomic mass is 10.7. The second kappa shape index (κ2) is 8.44. The summed E-state index contributed by atoms with van der Waals surface area (Å²) in [5.41, 5.74) is 0. The topological polar surface area (TPSA) is 42.1 Å². The van der Waals surface area contributed by atoms with Crippen LogP contribution in [-0.4, -0.2) is 4.98 Å². The maximum absolute atomic E-state index is 4.58. The standard InChI is InChI=1S/C4H5N.2C4H4O/c3*1-2-4-5-3-1/h1-5H;2*1-4H. The van der Waals surface area contributed by atoms with Gasteiger partial charge in [0.1, 0.15) is 0 Å². The van der Waals surface area contributed by atoms with Crippen LogP contribution < -0.4 is 0 Å². The van der Waals surface area contributed by atoms with E-state index in [4.69, 9.17) is 0 Å². The summed E-state index contributed by atoms with van der Waals surface area (Å²) in [5, 5.41) is 0. The zero-order valence-electron chi connectivity index (χ0n) is 8.24. The Hall–Kier alpha value is -2.16. The molecule has 0 spiro atoms. The molecule has 0 unspecified atom stereocenters. The molecule has 0 aliphatic carbocycles. The molecule has 0 fully saturated rings. The highest BCUT2D eigenvalue weighted by molar-refractivity contribution is 4.84. The smallest absolute Gasteiger partial charge is 0.0902 e. The highest BCUT2D eigenvalue weighted by Gasteiger charge is 1.59.